The number of aliphatic imine (C=N–C) groups is 1. The van der Waals surface area contributed by atoms with Crippen LogP contribution in [0.3, 0.4) is 0 Å². The Labute approximate surface area is 85.7 Å². The molecule has 1 unspecified atom stereocenters. The highest BCUT2D eigenvalue weighted by Crippen LogP contribution is 2.40. The number of nitrogens with zero attached hydrogens (tertiary/aromatic N) is 2. The number of carbonyl (C=O) groups excluding carboxylic acids is 1. The van der Waals surface area contributed by atoms with E-state index in [-0.39, 0.29) is 0 Å². The third-order valence-electron chi connectivity index (χ3n) is 2.55. The molecule has 14 heavy (non-hydrogen) atoms. The van der Waals surface area contributed by atoms with E-state index >= 15 is 0 Å². The molecule has 0 amide bonds. The Morgan fingerprint density at radius 1 is 1.64 bits per heavy atom. The van der Waals surface area contributed by atoms with Crippen molar-refractivity contribution < 1.29 is 4.79 Å². The molecule has 0 radical (unpaired) electrons. The van der Waals surface area contributed by atoms with E-state index in [4.69, 9.17) is 5.26 Å². The van der Waals surface area contributed by atoms with Gasteiger partial charge < -0.3 is 0 Å². The minimum Gasteiger partial charge on any atom is -0.211 e. The average Bonchev–Trinajstić information content (AvgIpc) is 2.67. The van der Waals surface area contributed by atoms with Crippen LogP contribution in [0, 0.1) is 11.3 Å². The van der Waals surface area contributed by atoms with Gasteiger partial charge in [-0.2, -0.15) is 10.3 Å². The summed E-state index contributed by atoms with van der Waals surface area (Å²) in [6.07, 6.45) is 4.04. The fraction of sp³-hybridized carbons (Fsp3) is 0.400. The minimum atomic E-state index is -0.949. The molecule has 1 aliphatic rings. The van der Waals surface area contributed by atoms with Crippen molar-refractivity contribution in [2.45, 2.75) is 24.8 Å². The normalized spacial score (nSPS) is 24.5. The monoisotopic (exact) mass is 204 g/mol. The zero-order chi connectivity index (χ0) is 10.0. The first-order valence-corrected chi connectivity index (χ1v) is 5.27. The molecule has 1 aromatic heterocycles. The summed E-state index contributed by atoms with van der Waals surface area (Å²) in [5, 5.41) is 11.1. The van der Waals surface area contributed by atoms with E-state index < -0.39 is 5.54 Å². The predicted octanol–water partition coefficient (Wildman–Crippen LogP) is 2.14. The highest BCUT2D eigenvalue weighted by atomic mass is 32.1. The van der Waals surface area contributed by atoms with Crippen LogP contribution in [-0.4, -0.2) is 6.08 Å². The largest absolute Gasteiger partial charge is 0.236 e. The molecule has 70 valence electrons. The van der Waals surface area contributed by atoms with Gasteiger partial charge in [-0.15, -0.1) is 11.3 Å². The van der Waals surface area contributed by atoms with E-state index in [1.54, 1.807) is 11.3 Å². The van der Waals surface area contributed by atoms with Crippen molar-refractivity contribution in [3.8, 4) is 6.07 Å². The van der Waals surface area contributed by atoms with Crippen LogP contribution in [-0.2, 0) is 16.8 Å². The Morgan fingerprint density at radius 2 is 2.50 bits per heavy atom. The summed E-state index contributed by atoms with van der Waals surface area (Å²) in [7, 11) is 0. The van der Waals surface area contributed by atoms with Gasteiger partial charge in [0.25, 0.3) is 0 Å². The van der Waals surface area contributed by atoms with E-state index in [0.717, 1.165) is 18.4 Å². The lowest BCUT2D eigenvalue weighted by atomic mass is 9.82. The molecule has 0 aliphatic heterocycles. The van der Waals surface area contributed by atoms with Gasteiger partial charge in [0.2, 0.25) is 6.08 Å². The predicted molar refractivity (Wildman–Crippen MR) is 52.7 cm³/mol. The van der Waals surface area contributed by atoms with Gasteiger partial charge in [-0.3, -0.25) is 0 Å². The second-order valence-corrected chi connectivity index (χ2v) is 4.29. The van der Waals surface area contributed by atoms with Gasteiger partial charge in [0.05, 0.1) is 6.07 Å². The minimum absolute atomic E-state index is 0.627. The van der Waals surface area contributed by atoms with Crippen LogP contribution in [0.2, 0.25) is 0 Å². The van der Waals surface area contributed by atoms with Gasteiger partial charge in [-0.25, -0.2) is 4.79 Å². The Bertz CT molecular complexity index is 439. The van der Waals surface area contributed by atoms with Crippen LogP contribution in [0.4, 0.5) is 0 Å². The van der Waals surface area contributed by atoms with Gasteiger partial charge in [-0.05, 0) is 30.7 Å². The summed E-state index contributed by atoms with van der Waals surface area (Å²) in [5.74, 6) is 0. The number of isocyanates is 1. The molecule has 1 aliphatic carbocycles. The smallest absolute Gasteiger partial charge is 0.211 e. The number of thiophene rings is 1. The van der Waals surface area contributed by atoms with Gasteiger partial charge in [-0.1, -0.05) is 0 Å². The number of hydrogen-bond acceptors (Lipinski definition) is 4. The van der Waals surface area contributed by atoms with Crippen LogP contribution in [0.1, 0.15) is 23.3 Å². The molecule has 0 spiro atoms. The van der Waals surface area contributed by atoms with Crippen LogP contribution < -0.4 is 0 Å². The van der Waals surface area contributed by atoms with Crippen LogP contribution in [0.25, 0.3) is 0 Å². The standard InChI is InChI=1S/C10H8N2OS/c11-6-10(12-7-13)4-1-2-9-8(10)3-5-14-9/h3,5H,1-2,4H2. The molecular weight excluding hydrogens is 196 g/mol. The molecule has 4 heteroatoms. The van der Waals surface area contributed by atoms with Crippen molar-refractivity contribution >= 4 is 17.4 Å². The zero-order valence-corrected chi connectivity index (χ0v) is 8.30. The van der Waals surface area contributed by atoms with E-state index in [1.807, 2.05) is 11.4 Å². The SMILES string of the molecule is N#CC1(N=C=O)CCCc2sccc21. The molecule has 0 bridgehead atoms. The molecule has 1 atom stereocenters. The summed E-state index contributed by atoms with van der Waals surface area (Å²) < 4.78 is 0. The molecule has 0 N–H and O–H groups in total. The van der Waals surface area contributed by atoms with E-state index in [9.17, 15) is 4.79 Å². The van der Waals surface area contributed by atoms with Crippen molar-refractivity contribution in [1.82, 2.24) is 0 Å². The molecule has 0 aromatic carbocycles. The van der Waals surface area contributed by atoms with Crippen molar-refractivity contribution in [2.75, 3.05) is 0 Å². The summed E-state index contributed by atoms with van der Waals surface area (Å²) in [6.45, 7) is 0. The first kappa shape index (κ1) is 9.14. The van der Waals surface area contributed by atoms with Crippen molar-refractivity contribution in [2.24, 2.45) is 4.99 Å². The number of hydrogen-bond donors (Lipinski definition) is 0. The fourth-order valence-corrected chi connectivity index (χ4v) is 2.87. The first-order valence-electron chi connectivity index (χ1n) is 4.39. The van der Waals surface area contributed by atoms with E-state index in [1.165, 1.54) is 11.0 Å². The number of nitriles is 1. The number of aryl methyl sites for hydroxylation is 1. The molecule has 2 rings (SSSR count). The van der Waals surface area contributed by atoms with Crippen molar-refractivity contribution in [3.63, 3.8) is 0 Å². The average molecular weight is 204 g/mol. The second-order valence-electron chi connectivity index (χ2n) is 3.29. The van der Waals surface area contributed by atoms with Crippen LogP contribution in [0.15, 0.2) is 16.4 Å². The summed E-state index contributed by atoms with van der Waals surface area (Å²) >= 11 is 1.63. The van der Waals surface area contributed by atoms with E-state index in [0.29, 0.717) is 6.42 Å². The molecule has 0 saturated carbocycles. The molecule has 0 fully saturated rings. The topological polar surface area (TPSA) is 53.2 Å². The molecule has 3 nitrogen and oxygen atoms in total. The number of rotatable bonds is 1. The maximum atomic E-state index is 10.3. The Morgan fingerprint density at radius 3 is 3.21 bits per heavy atom. The lowest BCUT2D eigenvalue weighted by molar-refractivity contribution is 0.468. The molecule has 1 aromatic rings. The van der Waals surface area contributed by atoms with Gasteiger partial charge >= 0.3 is 0 Å². The van der Waals surface area contributed by atoms with Crippen LogP contribution in [0.5, 0.6) is 0 Å². The number of fused-ring (bicyclic) bond motifs is 1. The lowest BCUT2D eigenvalue weighted by Crippen LogP contribution is -2.25. The van der Waals surface area contributed by atoms with Crippen molar-refractivity contribution in [1.29, 1.82) is 5.26 Å². The quantitative estimate of drug-likeness (QED) is 0.519. The van der Waals surface area contributed by atoms with Crippen molar-refractivity contribution in [3.05, 3.63) is 21.9 Å². The third kappa shape index (κ3) is 1.19. The van der Waals surface area contributed by atoms with E-state index in [2.05, 4.69) is 11.1 Å². The molecule has 0 saturated heterocycles. The second kappa shape index (κ2) is 3.38. The van der Waals surface area contributed by atoms with Crippen LogP contribution >= 0.6 is 11.3 Å². The van der Waals surface area contributed by atoms with Gasteiger partial charge in [0, 0.05) is 10.4 Å². The third-order valence-corrected chi connectivity index (χ3v) is 3.54. The molecular formula is C10H8N2OS. The zero-order valence-electron chi connectivity index (χ0n) is 7.49. The maximum Gasteiger partial charge on any atom is 0.236 e. The Hall–Kier alpha value is -1.43. The summed E-state index contributed by atoms with van der Waals surface area (Å²) in [5.41, 5.74) is -0.0467. The summed E-state index contributed by atoms with van der Waals surface area (Å²) in [4.78, 5) is 15.2. The highest BCUT2D eigenvalue weighted by Gasteiger charge is 2.37. The fourth-order valence-electron chi connectivity index (χ4n) is 1.88. The van der Waals surface area contributed by atoms with Gasteiger partial charge in [0.1, 0.15) is 0 Å². The molecule has 1 heterocycles. The Kier molecular flexibility index (Phi) is 2.20. The Balaban J connectivity index is 2.59. The lowest BCUT2D eigenvalue weighted by Gasteiger charge is -2.25. The highest BCUT2D eigenvalue weighted by molar-refractivity contribution is 7.10. The summed E-state index contributed by atoms with van der Waals surface area (Å²) in [6, 6.07) is 4.03. The first-order chi connectivity index (χ1) is 6.82. The maximum absolute atomic E-state index is 10.3. The van der Waals surface area contributed by atoms with Gasteiger partial charge in [0.15, 0.2) is 5.54 Å².